The maximum absolute atomic E-state index is 14.9. The van der Waals surface area contributed by atoms with Crippen molar-refractivity contribution in [3.05, 3.63) is 211 Å². The summed E-state index contributed by atoms with van der Waals surface area (Å²) in [7, 11) is 0. The highest BCUT2D eigenvalue weighted by Crippen LogP contribution is 2.44. The molecule has 0 aliphatic heterocycles. The van der Waals surface area contributed by atoms with Gasteiger partial charge in [-0.25, -0.2) is 29.9 Å². The lowest BCUT2D eigenvalue weighted by Gasteiger charge is -2.19. The topological polar surface area (TPSA) is 82.3 Å². The monoisotopic (exact) mass is 917 g/mol. The molecule has 3 aromatic heterocycles. The number of benzene rings is 8. The average Bonchev–Trinajstić information content (AvgIpc) is 3.72. The zero-order valence-corrected chi connectivity index (χ0v) is 36.0. The molecule has 69 heavy (non-hydrogen) atoms. The van der Waals surface area contributed by atoms with E-state index in [0.717, 1.165) is 28.0 Å². The summed E-state index contributed by atoms with van der Waals surface area (Å²) in [6.07, 6.45) is -10.1. The first kappa shape index (κ1) is 42.8. The van der Waals surface area contributed by atoms with Crippen molar-refractivity contribution in [2.45, 2.75) is 12.4 Å². The number of fused-ring (bicyclic) bond motifs is 3. The molecule has 0 spiro atoms. The summed E-state index contributed by atoms with van der Waals surface area (Å²) in [5, 5.41) is 1.56. The van der Waals surface area contributed by atoms with Gasteiger partial charge in [0.15, 0.2) is 34.9 Å². The van der Waals surface area contributed by atoms with E-state index in [-0.39, 0.29) is 17.5 Å². The number of hydrogen-bond donors (Lipinski definition) is 0. The van der Waals surface area contributed by atoms with E-state index in [9.17, 15) is 26.3 Å². The Morgan fingerprint density at radius 3 is 1.22 bits per heavy atom. The number of para-hydroxylation sites is 1. The second-order valence-electron chi connectivity index (χ2n) is 16.1. The molecule has 0 aliphatic rings. The quantitative estimate of drug-likeness (QED) is 0.141. The molecule has 334 valence electrons. The fourth-order valence-corrected chi connectivity index (χ4v) is 8.52. The summed E-state index contributed by atoms with van der Waals surface area (Å²) in [5.74, 6) is 2.29. The lowest BCUT2D eigenvalue weighted by atomic mass is 9.95. The average molecular weight is 918 g/mol. The molecule has 0 N–H and O–H groups in total. The number of aromatic nitrogens is 7. The number of nitrogens with zero attached hydrogens (tertiary/aromatic N) is 7. The van der Waals surface area contributed by atoms with Crippen LogP contribution < -0.4 is 0 Å². The zero-order chi connectivity index (χ0) is 47.3. The molecular formula is C56H33F6N7. The third-order valence-corrected chi connectivity index (χ3v) is 11.8. The van der Waals surface area contributed by atoms with Crippen molar-refractivity contribution in [3.63, 3.8) is 0 Å². The predicted molar refractivity (Wildman–Crippen MR) is 256 cm³/mol. The van der Waals surface area contributed by atoms with E-state index in [1.165, 1.54) is 6.07 Å². The molecule has 0 fully saturated rings. The van der Waals surface area contributed by atoms with Crippen LogP contribution in [0, 0.1) is 0 Å². The van der Waals surface area contributed by atoms with Gasteiger partial charge in [-0.3, -0.25) is 0 Å². The molecule has 0 saturated heterocycles. The van der Waals surface area contributed by atoms with Gasteiger partial charge in [-0.15, -0.1) is 0 Å². The lowest BCUT2D eigenvalue weighted by Crippen LogP contribution is -2.12. The van der Waals surface area contributed by atoms with Crippen LogP contribution in [0.1, 0.15) is 11.1 Å². The highest BCUT2D eigenvalue weighted by Gasteiger charge is 2.38. The van der Waals surface area contributed by atoms with Crippen molar-refractivity contribution >= 4 is 21.8 Å². The Kier molecular flexibility index (Phi) is 10.6. The summed E-state index contributed by atoms with van der Waals surface area (Å²) in [5.41, 5.74) is 2.53. The second-order valence-corrected chi connectivity index (χ2v) is 16.1. The smallest absolute Gasteiger partial charge is 0.308 e. The molecule has 7 nitrogen and oxygen atoms in total. The fraction of sp³-hybridized carbons (Fsp3) is 0.0357. The number of rotatable bonds is 8. The minimum Gasteiger partial charge on any atom is -0.308 e. The molecule has 0 saturated carbocycles. The van der Waals surface area contributed by atoms with Crippen LogP contribution in [-0.2, 0) is 12.4 Å². The van der Waals surface area contributed by atoms with Gasteiger partial charge in [0.05, 0.1) is 27.8 Å². The Morgan fingerprint density at radius 2 is 0.725 bits per heavy atom. The molecule has 0 bridgehead atoms. The van der Waals surface area contributed by atoms with Crippen LogP contribution in [-0.4, -0.2) is 34.5 Å². The van der Waals surface area contributed by atoms with Gasteiger partial charge in [0.2, 0.25) is 0 Å². The van der Waals surface area contributed by atoms with Crippen LogP contribution in [0.2, 0.25) is 0 Å². The number of alkyl halides is 6. The van der Waals surface area contributed by atoms with E-state index in [1.807, 2.05) is 168 Å². The van der Waals surface area contributed by atoms with Gasteiger partial charge < -0.3 is 4.57 Å². The van der Waals surface area contributed by atoms with Gasteiger partial charge in [0.1, 0.15) is 0 Å². The first-order valence-electron chi connectivity index (χ1n) is 21.7. The Balaban J connectivity index is 1.18. The van der Waals surface area contributed by atoms with E-state index in [2.05, 4.69) is 0 Å². The van der Waals surface area contributed by atoms with Crippen LogP contribution in [0.4, 0.5) is 26.3 Å². The highest BCUT2D eigenvalue weighted by molar-refractivity contribution is 6.11. The molecule has 0 amide bonds. The Morgan fingerprint density at radius 1 is 0.304 bits per heavy atom. The summed E-state index contributed by atoms with van der Waals surface area (Å²) in [6, 6.07) is 57.4. The molecule has 0 radical (unpaired) electrons. The van der Waals surface area contributed by atoms with Gasteiger partial charge in [-0.2, -0.15) is 26.3 Å². The van der Waals surface area contributed by atoms with Gasteiger partial charge in [-0.05, 0) is 59.7 Å². The third kappa shape index (κ3) is 8.24. The van der Waals surface area contributed by atoms with Crippen LogP contribution in [0.25, 0.3) is 107 Å². The van der Waals surface area contributed by atoms with Crippen LogP contribution in [0.5, 0.6) is 0 Å². The van der Waals surface area contributed by atoms with E-state index in [0.29, 0.717) is 74.2 Å². The van der Waals surface area contributed by atoms with Gasteiger partial charge in [0, 0.05) is 44.2 Å². The summed E-state index contributed by atoms with van der Waals surface area (Å²) in [6.45, 7) is 0. The largest absolute Gasteiger partial charge is 0.417 e. The van der Waals surface area contributed by atoms with Crippen molar-refractivity contribution in [3.8, 4) is 85.1 Å². The highest BCUT2D eigenvalue weighted by atomic mass is 19.4. The molecule has 11 rings (SSSR count). The minimum absolute atomic E-state index is 0.0186. The normalized spacial score (nSPS) is 11.9. The van der Waals surface area contributed by atoms with Crippen LogP contribution in [0.3, 0.4) is 0 Å². The van der Waals surface area contributed by atoms with Crippen molar-refractivity contribution in [1.82, 2.24) is 34.5 Å². The van der Waals surface area contributed by atoms with Crippen molar-refractivity contribution in [2.75, 3.05) is 0 Å². The minimum atomic E-state index is -5.13. The Bertz CT molecular complexity index is 3580. The molecule has 0 aliphatic carbocycles. The first-order chi connectivity index (χ1) is 33.5. The standard InChI is InChI=1S/C56H33F6N7/c57-55(58,59)40-27-29-41(45(33-40)56(60,61)62)38-25-28-43(54-67-51(36-19-9-3-10-20-36)64-52(68-54)37-21-11-4-12-22-37)48(32-38)69-46-24-14-13-23-42(46)44-31-39(26-30-47(44)69)53-65-49(34-15-5-1-6-16-34)63-50(66-53)35-17-7-2-8-18-35/h1-33H. The number of hydrogen-bond acceptors (Lipinski definition) is 6. The maximum atomic E-state index is 14.9. The molecular weight excluding hydrogens is 885 g/mol. The van der Waals surface area contributed by atoms with E-state index in [4.69, 9.17) is 29.9 Å². The van der Waals surface area contributed by atoms with E-state index < -0.39 is 29.0 Å². The SMILES string of the molecule is FC(F)(F)c1ccc(-c2ccc(-c3nc(-c4ccccc4)nc(-c4ccccc4)n3)c(-n3c4ccccc4c4cc(-c5nc(-c6ccccc6)nc(-c6ccccc6)n5)ccc43)c2)c(C(F)(F)F)c1. The molecule has 0 unspecified atom stereocenters. The van der Waals surface area contributed by atoms with Crippen molar-refractivity contribution in [2.24, 2.45) is 0 Å². The van der Waals surface area contributed by atoms with E-state index in [1.54, 1.807) is 12.1 Å². The van der Waals surface area contributed by atoms with Gasteiger partial charge >= 0.3 is 12.4 Å². The fourth-order valence-electron chi connectivity index (χ4n) is 8.52. The zero-order valence-electron chi connectivity index (χ0n) is 36.0. The summed E-state index contributed by atoms with van der Waals surface area (Å²) in [4.78, 5) is 29.6. The van der Waals surface area contributed by atoms with Gasteiger partial charge in [0.25, 0.3) is 0 Å². The molecule has 3 heterocycles. The Labute approximate surface area is 390 Å². The van der Waals surface area contributed by atoms with Crippen molar-refractivity contribution in [1.29, 1.82) is 0 Å². The molecule has 13 heteroatoms. The van der Waals surface area contributed by atoms with Crippen LogP contribution >= 0.6 is 0 Å². The first-order valence-corrected chi connectivity index (χ1v) is 21.7. The summed E-state index contributed by atoms with van der Waals surface area (Å²) >= 11 is 0. The number of halogens is 6. The van der Waals surface area contributed by atoms with E-state index >= 15 is 0 Å². The molecule has 8 aromatic carbocycles. The lowest BCUT2D eigenvalue weighted by molar-refractivity contribution is -0.142. The molecule has 0 atom stereocenters. The third-order valence-electron chi connectivity index (χ3n) is 11.8. The Hall–Kier alpha value is -8.84. The predicted octanol–water partition coefficient (Wildman–Crippen LogP) is 14.9. The second kappa shape index (κ2) is 17.1. The van der Waals surface area contributed by atoms with Crippen LogP contribution in [0.15, 0.2) is 200 Å². The summed E-state index contributed by atoms with van der Waals surface area (Å²) < 4.78 is 88.2. The van der Waals surface area contributed by atoms with Gasteiger partial charge in [-0.1, -0.05) is 152 Å². The maximum Gasteiger partial charge on any atom is 0.417 e. The molecule has 11 aromatic rings. The van der Waals surface area contributed by atoms with Crippen molar-refractivity contribution < 1.29 is 26.3 Å².